The van der Waals surface area contributed by atoms with Gasteiger partial charge in [0.05, 0.1) is 16.9 Å². The summed E-state index contributed by atoms with van der Waals surface area (Å²) in [6.45, 7) is 2.08. The lowest BCUT2D eigenvalue weighted by Gasteiger charge is -2.09. The van der Waals surface area contributed by atoms with Crippen LogP contribution >= 0.6 is 0 Å². The predicted octanol–water partition coefficient (Wildman–Crippen LogP) is 3.52. The lowest BCUT2D eigenvalue weighted by molar-refractivity contribution is 1.12. The number of benzene rings is 2. The fraction of sp³-hybridized carbons (Fsp3) is 0.0667. The second-order valence-corrected chi connectivity index (χ2v) is 4.31. The van der Waals surface area contributed by atoms with E-state index in [2.05, 4.69) is 42.0 Å². The predicted molar refractivity (Wildman–Crippen MR) is 72.4 cm³/mol. The third-order valence-corrected chi connectivity index (χ3v) is 3.04. The summed E-state index contributed by atoms with van der Waals surface area (Å²) in [6.07, 6.45) is 2.07. The average molecular weight is 222 g/mol. The summed E-state index contributed by atoms with van der Waals surface area (Å²) in [5.41, 5.74) is 10.3. The van der Waals surface area contributed by atoms with E-state index in [0.717, 1.165) is 11.4 Å². The third kappa shape index (κ3) is 1.58. The van der Waals surface area contributed by atoms with Gasteiger partial charge in [-0.1, -0.05) is 24.3 Å². The topological polar surface area (TPSA) is 30.9 Å². The second kappa shape index (κ2) is 3.67. The molecule has 2 heteroatoms. The largest absolute Gasteiger partial charge is 0.397 e. The Morgan fingerprint density at radius 3 is 2.71 bits per heavy atom. The van der Waals surface area contributed by atoms with Crippen molar-refractivity contribution in [1.29, 1.82) is 0 Å². The van der Waals surface area contributed by atoms with Crippen molar-refractivity contribution in [2.24, 2.45) is 0 Å². The molecular weight excluding hydrogens is 208 g/mol. The van der Waals surface area contributed by atoms with Gasteiger partial charge < -0.3 is 10.3 Å². The van der Waals surface area contributed by atoms with Crippen LogP contribution in [0.5, 0.6) is 0 Å². The van der Waals surface area contributed by atoms with Crippen molar-refractivity contribution in [3.63, 3.8) is 0 Å². The highest BCUT2D eigenvalue weighted by Gasteiger charge is 2.05. The number of rotatable bonds is 1. The Kier molecular flexibility index (Phi) is 2.15. The summed E-state index contributed by atoms with van der Waals surface area (Å²) in [5, 5.41) is 1.23. The minimum atomic E-state index is 0.803. The molecule has 2 nitrogen and oxygen atoms in total. The first-order valence-electron chi connectivity index (χ1n) is 5.68. The number of aryl methyl sites for hydroxylation is 1. The number of aromatic nitrogens is 1. The maximum absolute atomic E-state index is 6.05. The molecule has 0 unspecified atom stereocenters. The monoisotopic (exact) mass is 222 g/mol. The zero-order valence-electron chi connectivity index (χ0n) is 9.72. The van der Waals surface area contributed by atoms with E-state index in [1.165, 1.54) is 16.5 Å². The highest BCUT2D eigenvalue weighted by Crippen LogP contribution is 2.24. The molecule has 0 radical (unpaired) electrons. The number of nitrogens with two attached hydrogens (primary N) is 1. The summed E-state index contributed by atoms with van der Waals surface area (Å²) in [6, 6.07) is 16.5. The van der Waals surface area contributed by atoms with E-state index in [9.17, 15) is 0 Å². The van der Waals surface area contributed by atoms with Gasteiger partial charge in [-0.2, -0.15) is 0 Å². The van der Waals surface area contributed by atoms with Gasteiger partial charge in [0.2, 0.25) is 0 Å². The first-order valence-corrected chi connectivity index (χ1v) is 5.68. The molecule has 3 rings (SSSR count). The number of nitrogens with zero attached hydrogens (tertiary/aromatic N) is 1. The Morgan fingerprint density at radius 1 is 1.00 bits per heavy atom. The molecule has 1 aromatic heterocycles. The van der Waals surface area contributed by atoms with Crippen LogP contribution in [0.4, 0.5) is 5.69 Å². The lowest BCUT2D eigenvalue weighted by Crippen LogP contribution is -1.98. The van der Waals surface area contributed by atoms with E-state index in [-0.39, 0.29) is 0 Å². The van der Waals surface area contributed by atoms with E-state index in [1.54, 1.807) is 0 Å². The lowest BCUT2D eigenvalue weighted by atomic mass is 10.2. The molecule has 3 aromatic rings. The molecule has 0 atom stereocenters. The minimum absolute atomic E-state index is 0.803. The molecule has 0 aliphatic carbocycles. The summed E-state index contributed by atoms with van der Waals surface area (Å²) >= 11 is 0. The Balaban J connectivity index is 2.31. The van der Waals surface area contributed by atoms with Crippen LogP contribution in [0, 0.1) is 6.92 Å². The number of hydrogen-bond acceptors (Lipinski definition) is 1. The Morgan fingerprint density at radius 2 is 1.82 bits per heavy atom. The van der Waals surface area contributed by atoms with Crippen molar-refractivity contribution in [3.05, 3.63) is 60.3 Å². The third-order valence-electron chi connectivity index (χ3n) is 3.04. The van der Waals surface area contributed by atoms with Crippen LogP contribution in [0.2, 0.25) is 0 Å². The van der Waals surface area contributed by atoms with Crippen LogP contribution in [-0.4, -0.2) is 4.57 Å². The van der Waals surface area contributed by atoms with E-state index < -0.39 is 0 Å². The van der Waals surface area contributed by atoms with Crippen LogP contribution in [0.1, 0.15) is 5.56 Å². The first kappa shape index (κ1) is 9.97. The summed E-state index contributed by atoms with van der Waals surface area (Å²) in [5.74, 6) is 0. The summed E-state index contributed by atoms with van der Waals surface area (Å²) < 4.78 is 2.14. The molecule has 0 spiro atoms. The molecule has 0 saturated heterocycles. The Labute approximate surface area is 100 Å². The minimum Gasteiger partial charge on any atom is -0.397 e. The van der Waals surface area contributed by atoms with Crippen molar-refractivity contribution < 1.29 is 0 Å². The van der Waals surface area contributed by atoms with Crippen LogP contribution < -0.4 is 5.73 Å². The molecule has 0 aliphatic rings. The molecule has 2 N–H and O–H groups in total. The molecule has 2 aromatic carbocycles. The van der Waals surface area contributed by atoms with Gasteiger partial charge in [-0.15, -0.1) is 0 Å². The quantitative estimate of drug-likeness (QED) is 0.627. The zero-order valence-corrected chi connectivity index (χ0v) is 9.72. The first-order chi connectivity index (χ1) is 8.25. The number of nitrogen functional groups attached to an aromatic ring is 1. The van der Waals surface area contributed by atoms with Gasteiger partial charge in [0.25, 0.3) is 0 Å². The van der Waals surface area contributed by atoms with Gasteiger partial charge in [0.1, 0.15) is 0 Å². The van der Waals surface area contributed by atoms with Crippen molar-refractivity contribution in [2.75, 3.05) is 5.73 Å². The van der Waals surface area contributed by atoms with Crippen LogP contribution in [0.3, 0.4) is 0 Å². The summed E-state index contributed by atoms with van der Waals surface area (Å²) in [7, 11) is 0. The highest BCUT2D eigenvalue weighted by atomic mass is 15.0. The van der Waals surface area contributed by atoms with Gasteiger partial charge in [0.15, 0.2) is 0 Å². The molecule has 0 aliphatic heterocycles. The normalized spacial score (nSPS) is 10.9. The highest BCUT2D eigenvalue weighted by molar-refractivity contribution is 5.83. The van der Waals surface area contributed by atoms with Gasteiger partial charge in [0, 0.05) is 6.20 Å². The molecule has 17 heavy (non-hydrogen) atoms. The second-order valence-electron chi connectivity index (χ2n) is 4.31. The number of hydrogen-bond donors (Lipinski definition) is 1. The fourth-order valence-corrected chi connectivity index (χ4v) is 2.16. The van der Waals surface area contributed by atoms with Gasteiger partial charge in [-0.3, -0.25) is 0 Å². The fourth-order valence-electron chi connectivity index (χ4n) is 2.16. The molecule has 0 fully saturated rings. The number of para-hydroxylation sites is 1. The Hall–Kier alpha value is -2.22. The van der Waals surface area contributed by atoms with Crippen molar-refractivity contribution in [1.82, 2.24) is 4.57 Å². The van der Waals surface area contributed by atoms with E-state index in [0.29, 0.717) is 0 Å². The van der Waals surface area contributed by atoms with Crippen molar-refractivity contribution in [2.45, 2.75) is 6.92 Å². The number of anilines is 1. The SMILES string of the molecule is Cc1ccc(N)c(-n2ccc3ccccc32)c1. The zero-order chi connectivity index (χ0) is 11.8. The van der Waals surface area contributed by atoms with Crippen LogP contribution in [0.25, 0.3) is 16.6 Å². The van der Waals surface area contributed by atoms with Gasteiger partial charge in [-0.25, -0.2) is 0 Å². The van der Waals surface area contributed by atoms with E-state index in [4.69, 9.17) is 5.73 Å². The smallest absolute Gasteiger partial charge is 0.0688 e. The molecule has 1 heterocycles. The maximum Gasteiger partial charge on any atom is 0.0688 e. The van der Waals surface area contributed by atoms with Gasteiger partial charge >= 0.3 is 0 Å². The Bertz CT molecular complexity index is 680. The standard InChI is InChI=1S/C15H14N2/c1-11-6-7-13(16)15(10-11)17-9-8-12-4-2-3-5-14(12)17/h2-10H,16H2,1H3. The molecule has 0 amide bonds. The van der Waals surface area contributed by atoms with Crippen LogP contribution in [-0.2, 0) is 0 Å². The van der Waals surface area contributed by atoms with Crippen molar-refractivity contribution in [3.8, 4) is 5.69 Å². The van der Waals surface area contributed by atoms with Crippen LogP contribution in [0.15, 0.2) is 54.7 Å². The molecule has 0 bridgehead atoms. The molecule has 0 saturated carbocycles. The van der Waals surface area contributed by atoms with E-state index >= 15 is 0 Å². The number of fused-ring (bicyclic) bond motifs is 1. The van der Waals surface area contributed by atoms with Crippen molar-refractivity contribution >= 4 is 16.6 Å². The van der Waals surface area contributed by atoms with E-state index in [1.807, 2.05) is 24.3 Å². The maximum atomic E-state index is 6.05. The molecular formula is C15H14N2. The average Bonchev–Trinajstić information content (AvgIpc) is 2.76. The molecule has 84 valence electrons. The van der Waals surface area contributed by atoms with Gasteiger partial charge in [-0.05, 0) is 42.1 Å². The summed E-state index contributed by atoms with van der Waals surface area (Å²) in [4.78, 5) is 0.